The number of hydrogen-bond acceptors (Lipinski definition) is 5. The molecule has 1 aliphatic heterocycles. The van der Waals surface area contributed by atoms with E-state index in [4.69, 9.17) is 9.47 Å². The van der Waals surface area contributed by atoms with Crippen LogP contribution in [0.15, 0.2) is 73.3 Å². The van der Waals surface area contributed by atoms with Crippen molar-refractivity contribution in [2.45, 2.75) is 0 Å². The Hall–Kier alpha value is -4.66. The molecule has 8 nitrogen and oxygen atoms in total. The third-order valence-electron chi connectivity index (χ3n) is 5.48. The normalized spacial score (nSPS) is 12.3. The van der Waals surface area contributed by atoms with Gasteiger partial charge in [0.05, 0.1) is 23.7 Å². The second-order valence-corrected chi connectivity index (χ2v) is 7.49. The minimum Gasteiger partial charge on any atom is -0.454 e. The summed E-state index contributed by atoms with van der Waals surface area (Å²) in [6.07, 6.45) is 7.12. The number of aromatic nitrogens is 4. The van der Waals surface area contributed by atoms with Crippen molar-refractivity contribution in [2.24, 2.45) is 0 Å². The lowest BCUT2D eigenvalue weighted by Crippen LogP contribution is -2.13. The number of halogens is 1. The summed E-state index contributed by atoms with van der Waals surface area (Å²) in [7, 11) is 0. The summed E-state index contributed by atoms with van der Waals surface area (Å²) < 4.78 is 27.4. The van der Waals surface area contributed by atoms with Crippen LogP contribution in [0.1, 0.15) is 10.4 Å². The molecule has 1 amide bonds. The summed E-state index contributed by atoms with van der Waals surface area (Å²) in [5.41, 5.74) is 4.32. The number of nitrogens with one attached hydrogen (secondary N) is 2. The van der Waals surface area contributed by atoms with Crippen LogP contribution in [0.2, 0.25) is 0 Å². The van der Waals surface area contributed by atoms with Crippen molar-refractivity contribution in [3.05, 3.63) is 84.7 Å². The zero-order valence-electron chi connectivity index (χ0n) is 17.1. The molecule has 4 heterocycles. The molecule has 3 aromatic heterocycles. The quantitative estimate of drug-likeness (QED) is 0.428. The van der Waals surface area contributed by atoms with Crippen molar-refractivity contribution >= 4 is 17.2 Å². The highest BCUT2D eigenvalue weighted by molar-refractivity contribution is 6.04. The van der Waals surface area contributed by atoms with Gasteiger partial charge in [-0.25, -0.2) is 9.37 Å². The average Bonchev–Trinajstić information content (AvgIpc) is 3.58. The van der Waals surface area contributed by atoms with Gasteiger partial charge in [0.2, 0.25) is 6.79 Å². The smallest absolute Gasteiger partial charge is 0.258 e. The van der Waals surface area contributed by atoms with E-state index in [2.05, 4.69) is 20.5 Å². The highest BCUT2D eigenvalue weighted by Gasteiger charge is 2.18. The van der Waals surface area contributed by atoms with Crippen LogP contribution in [0, 0.1) is 5.82 Å². The van der Waals surface area contributed by atoms with Gasteiger partial charge in [-0.2, -0.15) is 5.10 Å². The Kier molecular flexibility index (Phi) is 4.32. The molecule has 0 unspecified atom stereocenters. The molecule has 0 spiro atoms. The number of carbonyl (C=O) groups is 1. The number of carbonyl (C=O) groups excluding carboxylic acids is 1. The summed E-state index contributed by atoms with van der Waals surface area (Å²) >= 11 is 0. The molecule has 5 aromatic rings. The SMILES string of the molecule is O=C(Nc1ccc2c(c1)OCO2)c1ccc(-c2cnc3ccc(-c4cn[nH]c4)cn23)cc1F. The van der Waals surface area contributed by atoms with E-state index in [0.717, 1.165) is 16.8 Å². The summed E-state index contributed by atoms with van der Waals surface area (Å²) in [5, 5.41) is 9.47. The first-order valence-corrected chi connectivity index (χ1v) is 10.1. The van der Waals surface area contributed by atoms with Crippen LogP contribution < -0.4 is 14.8 Å². The first-order chi connectivity index (χ1) is 16.2. The van der Waals surface area contributed by atoms with Crippen LogP contribution >= 0.6 is 0 Å². The predicted molar refractivity (Wildman–Crippen MR) is 119 cm³/mol. The number of rotatable bonds is 4. The molecule has 0 atom stereocenters. The highest BCUT2D eigenvalue weighted by Crippen LogP contribution is 2.34. The van der Waals surface area contributed by atoms with Gasteiger partial charge in [-0.05, 0) is 36.4 Å². The van der Waals surface area contributed by atoms with Gasteiger partial charge in [0, 0.05) is 40.8 Å². The number of hydrogen-bond donors (Lipinski definition) is 2. The lowest BCUT2D eigenvalue weighted by molar-refractivity contribution is 0.102. The predicted octanol–water partition coefficient (Wildman–Crippen LogP) is 4.51. The molecule has 0 saturated carbocycles. The van der Waals surface area contributed by atoms with Gasteiger partial charge in [0.1, 0.15) is 11.5 Å². The lowest BCUT2D eigenvalue weighted by atomic mass is 10.1. The van der Waals surface area contributed by atoms with Crippen molar-refractivity contribution in [3.8, 4) is 33.9 Å². The molecule has 1 aliphatic rings. The van der Waals surface area contributed by atoms with Crippen LogP contribution in [0.5, 0.6) is 11.5 Å². The minimum atomic E-state index is -0.633. The summed E-state index contributed by atoms with van der Waals surface area (Å²) in [5.74, 6) is -0.0523. The number of benzene rings is 2. The third-order valence-corrected chi connectivity index (χ3v) is 5.48. The largest absolute Gasteiger partial charge is 0.454 e. The first-order valence-electron chi connectivity index (χ1n) is 10.1. The van der Waals surface area contributed by atoms with Crippen LogP contribution in [0.3, 0.4) is 0 Å². The Bertz CT molecular complexity index is 1510. The Morgan fingerprint density at radius 1 is 1.00 bits per heavy atom. The average molecular weight is 441 g/mol. The first kappa shape index (κ1) is 19.1. The maximum Gasteiger partial charge on any atom is 0.258 e. The maximum absolute atomic E-state index is 15.0. The van der Waals surface area contributed by atoms with E-state index in [9.17, 15) is 9.18 Å². The number of nitrogens with zero attached hydrogens (tertiary/aromatic N) is 3. The fraction of sp³-hybridized carbons (Fsp3) is 0.0417. The van der Waals surface area contributed by atoms with Crippen molar-refractivity contribution in [3.63, 3.8) is 0 Å². The highest BCUT2D eigenvalue weighted by atomic mass is 19.1. The standard InChI is InChI=1S/C24H16FN5O3/c25-19-7-14(20-11-26-23-6-2-15(12-30(20)23)16-9-27-28-10-16)1-4-18(19)24(31)29-17-3-5-21-22(8-17)33-13-32-21/h1-12H,13H2,(H,27,28)(H,29,31). The van der Waals surface area contributed by atoms with E-state index in [-0.39, 0.29) is 12.4 Å². The lowest BCUT2D eigenvalue weighted by Gasteiger charge is -2.09. The maximum atomic E-state index is 15.0. The number of H-pyrrole nitrogens is 1. The summed E-state index contributed by atoms with van der Waals surface area (Å²) in [6.45, 7) is 0.135. The summed E-state index contributed by atoms with van der Waals surface area (Å²) in [6, 6.07) is 13.3. The van der Waals surface area contributed by atoms with Gasteiger partial charge >= 0.3 is 0 Å². The monoisotopic (exact) mass is 441 g/mol. The van der Waals surface area contributed by atoms with Gasteiger partial charge in [0.15, 0.2) is 11.5 Å². The van der Waals surface area contributed by atoms with Gasteiger partial charge in [-0.1, -0.05) is 6.07 Å². The molecule has 0 aliphatic carbocycles. The number of ether oxygens (including phenoxy) is 2. The van der Waals surface area contributed by atoms with Crippen molar-refractivity contribution in [1.29, 1.82) is 0 Å². The number of pyridine rings is 1. The molecular weight excluding hydrogens is 425 g/mol. The fourth-order valence-electron chi connectivity index (χ4n) is 3.80. The Morgan fingerprint density at radius 2 is 1.88 bits per heavy atom. The van der Waals surface area contributed by atoms with E-state index in [1.165, 1.54) is 12.1 Å². The molecule has 9 heteroatoms. The summed E-state index contributed by atoms with van der Waals surface area (Å²) in [4.78, 5) is 17.1. The fourth-order valence-corrected chi connectivity index (χ4v) is 3.80. The molecule has 162 valence electrons. The van der Waals surface area contributed by atoms with Crippen LogP contribution in [-0.2, 0) is 0 Å². The van der Waals surface area contributed by atoms with Crippen LogP contribution in [0.4, 0.5) is 10.1 Å². The molecule has 6 rings (SSSR count). The van der Waals surface area contributed by atoms with Gasteiger partial charge in [-0.3, -0.25) is 14.3 Å². The zero-order chi connectivity index (χ0) is 22.4. The Morgan fingerprint density at radius 3 is 2.73 bits per heavy atom. The Labute approximate surface area is 186 Å². The van der Waals surface area contributed by atoms with Gasteiger partial charge in [0.25, 0.3) is 5.91 Å². The molecule has 0 fully saturated rings. The number of aromatic amines is 1. The van der Waals surface area contributed by atoms with E-state index in [1.54, 1.807) is 42.9 Å². The molecule has 0 radical (unpaired) electrons. The van der Waals surface area contributed by atoms with E-state index in [0.29, 0.717) is 28.4 Å². The van der Waals surface area contributed by atoms with Crippen LogP contribution in [0.25, 0.3) is 28.0 Å². The molecule has 0 bridgehead atoms. The van der Waals surface area contributed by atoms with Crippen molar-refractivity contribution < 1.29 is 18.7 Å². The Balaban J connectivity index is 1.30. The zero-order valence-corrected chi connectivity index (χ0v) is 17.1. The molecular formula is C24H16FN5O3. The topological polar surface area (TPSA) is 93.5 Å². The van der Waals surface area contributed by atoms with E-state index >= 15 is 0 Å². The second kappa shape index (κ2) is 7.49. The van der Waals surface area contributed by atoms with Crippen molar-refractivity contribution in [2.75, 3.05) is 12.1 Å². The number of anilines is 1. The van der Waals surface area contributed by atoms with E-state index in [1.807, 2.05) is 22.7 Å². The molecule has 2 N–H and O–H groups in total. The van der Waals surface area contributed by atoms with Gasteiger partial charge in [-0.15, -0.1) is 0 Å². The van der Waals surface area contributed by atoms with E-state index < -0.39 is 11.7 Å². The minimum absolute atomic E-state index is 0.0654. The molecule has 33 heavy (non-hydrogen) atoms. The molecule has 2 aromatic carbocycles. The second-order valence-electron chi connectivity index (χ2n) is 7.49. The third kappa shape index (κ3) is 3.35. The van der Waals surface area contributed by atoms with Crippen molar-refractivity contribution in [1.82, 2.24) is 19.6 Å². The number of imidazole rings is 1. The number of amides is 1. The van der Waals surface area contributed by atoms with Gasteiger partial charge < -0.3 is 14.8 Å². The number of fused-ring (bicyclic) bond motifs is 2. The molecule has 0 saturated heterocycles. The van der Waals surface area contributed by atoms with Crippen LogP contribution in [-0.4, -0.2) is 32.3 Å².